The van der Waals surface area contributed by atoms with Gasteiger partial charge in [-0.3, -0.25) is 14.2 Å². The zero-order valence-electron chi connectivity index (χ0n) is 19.4. The smallest absolute Gasteiger partial charge is 0.272 e. The largest absolute Gasteiger partial charge is 0.378 e. The van der Waals surface area contributed by atoms with E-state index in [2.05, 4.69) is 15.2 Å². The minimum atomic E-state index is -0.245. The molecular formula is C25H29N5O3S. The van der Waals surface area contributed by atoms with Crippen molar-refractivity contribution in [3.63, 3.8) is 0 Å². The summed E-state index contributed by atoms with van der Waals surface area (Å²) in [5.74, 6) is -0.484. The average molecular weight is 480 g/mol. The second-order valence-electron chi connectivity index (χ2n) is 7.81. The number of nitrogens with one attached hydrogen (secondary N) is 1. The third-order valence-electron chi connectivity index (χ3n) is 5.68. The molecule has 0 radical (unpaired) electrons. The summed E-state index contributed by atoms with van der Waals surface area (Å²) in [6, 6.07) is 17.4. The molecular weight excluding hydrogens is 450 g/mol. The van der Waals surface area contributed by atoms with E-state index in [9.17, 15) is 9.59 Å². The van der Waals surface area contributed by atoms with Gasteiger partial charge in [0.2, 0.25) is 5.91 Å². The Bertz CT molecular complexity index is 1110. The van der Waals surface area contributed by atoms with Crippen LogP contribution >= 0.6 is 11.8 Å². The number of likely N-dealkylation sites (N-methyl/N-ethyl adjacent to an activating group) is 1. The predicted octanol–water partition coefficient (Wildman–Crippen LogP) is 3.53. The second-order valence-corrected chi connectivity index (χ2v) is 8.59. The second kappa shape index (κ2) is 11.2. The topological polar surface area (TPSA) is 79.7 Å². The van der Waals surface area contributed by atoms with Crippen LogP contribution in [0.4, 0.5) is 11.4 Å². The van der Waals surface area contributed by atoms with Gasteiger partial charge in [0, 0.05) is 36.7 Å². The Hall–Kier alpha value is -3.30. The van der Waals surface area contributed by atoms with Gasteiger partial charge in [0.05, 0.1) is 19.4 Å². The lowest BCUT2D eigenvalue weighted by Gasteiger charge is -2.29. The molecule has 178 valence electrons. The monoisotopic (exact) mass is 479 g/mol. The SMILES string of the molecule is CCN(CC(=O)Nc1ccc(N2CCOCC2)cc1)C(=O)c1cnc(SC)n1-c1ccccc1. The van der Waals surface area contributed by atoms with E-state index in [1.807, 2.05) is 72.3 Å². The zero-order valence-corrected chi connectivity index (χ0v) is 20.3. The number of benzene rings is 2. The van der Waals surface area contributed by atoms with E-state index in [1.165, 1.54) is 16.7 Å². The third-order valence-corrected chi connectivity index (χ3v) is 6.33. The van der Waals surface area contributed by atoms with Crippen molar-refractivity contribution < 1.29 is 14.3 Å². The van der Waals surface area contributed by atoms with Crippen LogP contribution in [-0.4, -0.2) is 71.9 Å². The zero-order chi connectivity index (χ0) is 23.9. The van der Waals surface area contributed by atoms with Gasteiger partial charge in [-0.25, -0.2) is 4.98 Å². The van der Waals surface area contributed by atoms with E-state index in [1.54, 1.807) is 6.20 Å². The van der Waals surface area contributed by atoms with Crippen molar-refractivity contribution in [2.24, 2.45) is 0 Å². The van der Waals surface area contributed by atoms with Crippen molar-refractivity contribution in [3.8, 4) is 5.69 Å². The van der Waals surface area contributed by atoms with E-state index in [4.69, 9.17) is 4.74 Å². The van der Waals surface area contributed by atoms with Crippen LogP contribution in [0.3, 0.4) is 0 Å². The fourth-order valence-electron chi connectivity index (χ4n) is 3.90. The molecule has 0 bridgehead atoms. The molecule has 0 atom stereocenters. The van der Waals surface area contributed by atoms with Crippen LogP contribution in [-0.2, 0) is 9.53 Å². The van der Waals surface area contributed by atoms with Crippen molar-refractivity contribution in [3.05, 3.63) is 66.5 Å². The molecule has 1 aliphatic rings. The molecule has 8 nitrogen and oxygen atoms in total. The average Bonchev–Trinajstić information content (AvgIpc) is 3.32. The van der Waals surface area contributed by atoms with Crippen LogP contribution in [0.1, 0.15) is 17.4 Å². The number of morpholine rings is 1. The van der Waals surface area contributed by atoms with Crippen molar-refractivity contribution in [2.45, 2.75) is 12.1 Å². The molecule has 9 heteroatoms. The number of carbonyl (C=O) groups excluding carboxylic acids is 2. The summed E-state index contributed by atoms with van der Waals surface area (Å²) in [4.78, 5) is 34.3. The summed E-state index contributed by atoms with van der Waals surface area (Å²) in [5.41, 5.74) is 3.09. The van der Waals surface area contributed by atoms with Crippen molar-refractivity contribution in [2.75, 3.05) is 55.9 Å². The van der Waals surface area contributed by atoms with Gasteiger partial charge in [0.25, 0.3) is 5.91 Å². The molecule has 1 N–H and O–H groups in total. The number of imidazole rings is 1. The molecule has 1 aromatic heterocycles. The molecule has 2 amide bonds. The maximum Gasteiger partial charge on any atom is 0.272 e. The van der Waals surface area contributed by atoms with E-state index in [-0.39, 0.29) is 18.4 Å². The molecule has 1 aliphatic heterocycles. The Morgan fingerprint density at radius 2 is 1.76 bits per heavy atom. The standard InChI is InChI=1S/C25H29N5O3S/c1-3-28(24(32)22-17-26-25(34-2)30(22)21-7-5-4-6-8-21)18-23(31)27-19-9-11-20(12-10-19)29-13-15-33-16-14-29/h4-12,17H,3,13-16,18H2,1-2H3,(H,27,31). The first-order valence-corrected chi connectivity index (χ1v) is 12.5. The van der Waals surface area contributed by atoms with Gasteiger partial charge >= 0.3 is 0 Å². The minimum Gasteiger partial charge on any atom is -0.378 e. The fourth-order valence-corrected chi connectivity index (χ4v) is 4.44. The van der Waals surface area contributed by atoms with Crippen LogP contribution in [0.5, 0.6) is 0 Å². The van der Waals surface area contributed by atoms with Gasteiger partial charge in [-0.15, -0.1) is 0 Å². The first kappa shape index (κ1) is 23.8. The van der Waals surface area contributed by atoms with Crippen LogP contribution in [0.15, 0.2) is 66.0 Å². The van der Waals surface area contributed by atoms with E-state index in [0.717, 1.165) is 42.8 Å². The molecule has 2 aromatic carbocycles. The van der Waals surface area contributed by atoms with Crippen LogP contribution in [0.2, 0.25) is 0 Å². The van der Waals surface area contributed by atoms with Crippen LogP contribution in [0.25, 0.3) is 5.69 Å². The van der Waals surface area contributed by atoms with Crippen molar-refractivity contribution >= 4 is 35.0 Å². The summed E-state index contributed by atoms with van der Waals surface area (Å²) in [6.07, 6.45) is 3.50. The first-order valence-electron chi connectivity index (χ1n) is 11.3. The Morgan fingerprint density at radius 1 is 1.06 bits per heavy atom. The normalized spacial score (nSPS) is 13.5. The molecule has 3 aromatic rings. The molecule has 34 heavy (non-hydrogen) atoms. The molecule has 0 unspecified atom stereocenters. The number of anilines is 2. The molecule has 0 aliphatic carbocycles. The third kappa shape index (κ3) is 5.43. The molecule has 0 saturated carbocycles. The minimum absolute atomic E-state index is 0.0465. The number of hydrogen-bond donors (Lipinski definition) is 1. The lowest BCUT2D eigenvalue weighted by atomic mass is 10.2. The molecule has 1 fully saturated rings. The first-order chi connectivity index (χ1) is 16.6. The number of ether oxygens (including phenoxy) is 1. The van der Waals surface area contributed by atoms with E-state index >= 15 is 0 Å². The highest BCUT2D eigenvalue weighted by atomic mass is 32.2. The van der Waals surface area contributed by atoms with Gasteiger partial charge in [-0.2, -0.15) is 0 Å². The number of nitrogens with zero attached hydrogens (tertiary/aromatic N) is 4. The Morgan fingerprint density at radius 3 is 2.41 bits per heavy atom. The van der Waals surface area contributed by atoms with Gasteiger partial charge in [-0.1, -0.05) is 30.0 Å². The fraction of sp³-hybridized carbons (Fsp3) is 0.320. The van der Waals surface area contributed by atoms with Gasteiger partial charge in [-0.05, 0) is 49.6 Å². The summed E-state index contributed by atoms with van der Waals surface area (Å²) < 4.78 is 7.23. The van der Waals surface area contributed by atoms with Crippen molar-refractivity contribution in [1.82, 2.24) is 14.5 Å². The van der Waals surface area contributed by atoms with Gasteiger partial charge in [0.1, 0.15) is 12.2 Å². The molecule has 4 rings (SSSR count). The summed E-state index contributed by atoms with van der Waals surface area (Å²) >= 11 is 1.47. The summed E-state index contributed by atoms with van der Waals surface area (Å²) in [5, 5.41) is 3.62. The Kier molecular flexibility index (Phi) is 7.87. The summed E-state index contributed by atoms with van der Waals surface area (Å²) in [6.45, 7) is 5.38. The van der Waals surface area contributed by atoms with Gasteiger partial charge < -0.3 is 19.9 Å². The lowest BCUT2D eigenvalue weighted by molar-refractivity contribution is -0.116. The van der Waals surface area contributed by atoms with Crippen LogP contribution in [0, 0.1) is 0 Å². The summed E-state index contributed by atoms with van der Waals surface area (Å²) in [7, 11) is 0. The number of carbonyl (C=O) groups is 2. The van der Waals surface area contributed by atoms with Gasteiger partial charge in [0.15, 0.2) is 5.16 Å². The number of para-hydroxylation sites is 1. The number of hydrogen-bond acceptors (Lipinski definition) is 6. The highest BCUT2D eigenvalue weighted by Crippen LogP contribution is 2.23. The van der Waals surface area contributed by atoms with E-state index in [0.29, 0.717) is 17.9 Å². The molecule has 1 saturated heterocycles. The van der Waals surface area contributed by atoms with Crippen molar-refractivity contribution in [1.29, 1.82) is 0 Å². The Balaban J connectivity index is 1.44. The molecule has 2 heterocycles. The number of rotatable bonds is 8. The predicted molar refractivity (Wildman–Crippen MR) is 135 cm³/mol. The number of thioether (sulfide) groups is 1. The quantitative estimate of drug-likeness (QED) is 0.498. The highest BCUT2D eigenvalue weighted by Gasteiger charge is 2.24. The van der Waals surface area contributed by atoms with Crippen LogP contribution < -0.4 is 10.2 Å². The van der Waals surface area contributed by atoms with E-state index < -0.39 is 0 Å². The molecule has 0 spiro atoms. The Labute approximate surface area is 203 Å². The highest BCUT2D eigenvalue weighted by molar-refractivity contribution is 7.98. The maximum absolute atomic E-state index is 13.4. The number of aromatic nitrogens is 2. The maximum atomic E-state index is 13.4. The number of amides is 2. The lowest BCUT2D eigenvalue weighted by Crippen LogP contribution is -2.38.